The van der Waals surface area contributed by atoms with Crippen LogP contribution in [0.4, 0.5) is 5.69 Å². The van der Waals surface area contributed by atoms with Crippen molar-refractivity contribution in [2.45, 2.75) is 11.7 Å². The Labute approximate surface area is 151 Å². The number of nitrogens with one attached hydrogen (secondary N) is 1. The van der Waals surface area contributed by atoms with Crippen LogP contribution in [-0.2, 0) is 14.6 Å². The maximum absolute atomic E-state index is 12.0. The molecule has 1 fully saturated rings. The van der Waals surface area contributed by atoms with Gasteiger partial charge in [-0.25, -0.2) is 8.42 Å². The van der Waals surface area contributed by atoms with Gasteiger partial charge in [-0.1, -0.05) is 18.2 Å². The molecule has 1 atom stereocenters. The topological polar surface area (TPSA) is 72.5 Å². The molecule has 1 aliphatic heterocycles. The zero-order chi connectivity index (χ0) is 17.7. The molecule has 1 N–H and O–H groups in total. The first-order valence-corrected chi connectivity index (χ1v) is 10.8. The number of amides is 1. The summed E-state index contributed by atoms with van der Waals surface area (Å²) in [7, 11) is -2.90. The fourth-order valence-electron chi connectivity index (χ4n) is 2.51. The summed E-state index contributed by atoms with van der Waals surface area (Å²) < 4.78 is 28.5. The van der Waals surface area contributed by atoms with Crippen molar-refractivity contribution in [3.63, 3.8) is 0 Å². The lowest BCUT2D eigenvalue weighted by Gasteiger charge is -2.09. The number of hydrogen-bond donors (Lipinski definition) is 1. The SMILES string of the molecule is O=C(CS[C@@H]1CCS(=O)(=O)C1)Nc1ccc(Oc2ccccc2)cc1. The third-order valence-electron chi connectivity index (χ3n) is 3.76. The van der Waals surface area contributed by atoms with Crippen molar-refractivity contribution in [1.82, 2.24) is 0 Å². The van der Waals surface area contributed by atoms with Gasteiger partial charge in [0.2, 0.25) is 5.91 Å². The van der Waals surface area contributed by atoms with Gasteiger partial charge in [0.1, 0.15) is 11.5 Å². The summed E-state index contributed by atoms with van der Waals surface area (Å²) in [6.07, 6.45) is 0.631. The van der Waals surface area contributed by atoms with E-state index in [1.54, 1.807) is 24.3 Å². The van der Waals surface area contributed by atoms with E-state index in [1.807, 2.05) is 30.3 Å². The van der Waals surface area contributed by atoms with E-state index in [9.17, 15) is 13.2 Å². The Morgan fingerprint density at radius 3 is 2.40 bits per heavy atom. The van der Waals surface area contributed by atoms with Crippen molar-refractivity contribution in [3.8, 4) is 11.5 Å². The van der Waals surface area contributed by atoms with Crippen LogP contribution < -0.4 is 10.1 Å². The Morgan fingerprint density at radius 1 is 1.08 bits per heavy atom. The Hall–Kier alpha value is -1.99. The minimum absolute atomic E-state index is 0.0254. The molecule has 0 saturated carbocycles. The highest BCUT2D eigenvalue weighted by Gasteiger charge is 2.28. The number of benzene rings is 2. The van der Waals surface area contributed by atoms with Crippen LogP contribution in [0.3, 0.4) is 0 Å². The van der Waals surface area contributed by atoms with Crippen molar-refractivity contribution in [2.75, 3.05) is 22.6 Å². The second-order valence-electron chi connectivity index (χ2n) is 5.82. The predicted molar refractivity (Wildman–Crippen MR) is 101 cm³/mol. The van der Waals surface area contributed by atoms with E-state index in [0.29, 0.717) is 17.9 Å². The van der Waals surface area contributed by atoms with E-state index >= 15 is 0 Å². The average molecular weight is 377 g/mol. The predicted octanol–water partition coefficient (Wildman–Crippen LogP) is 3.34. The van der Waals surface area contributed by atoms with E-state index < -0.39 is 9.84 Å². The molecule has 132 valence electrons. The van der Waals surface area contributed by atoms with Crippen LogP contribution in [0.2, 0.25) is 0 Å². The normalized spacial score (nSPS) is 18.6. The maximum Gasteiger partial charge on any atom is 0.234 e. The third-order valence-corrected chi connectivity index (χ3v) is 7.04. The highest BCUT2D eigenvalue weighted by molar-refractivity contribution is 8.02. The molecular weight excluding hydrogens is 358 g/mol. The molecule has 2 aromatic carbocycles. The van der Waals surface area contributed by atoms with Gasteiger partial charge in [-0.15, -0.1) is 11.8 Å². The molecule has 2 aromatic rings. The molecule has 0 aliphatic carbocycles. The van der Waals surface area contributed by atoms with Crippen molar-refractivity contribution in [3.05, 3.63) is 54.6 Å². The summed E-state index contributed by atoms with van der Waals surface area (Å²) in [5.74, 6) is 1.97. The number of thioether (sulfide) groups is 1. The number of ether oxygens (including phenoxy) is 1. The van der Waals surface area contributed by atoms with E-state index in [-0.39, 0.29) is 28.4 Å². The number of anilines is 1. The van der Waals surface area contributed by atoms with E-state index in [0.717, 1.165) is 5.75 Å². The van der Waals surface area contributed by atoms with E-state index in [4.69, 9.17) is 4.74 Å². The lowest BCUT2D eigenvalue weighted by molar-refractivity contribution is -0.113. The third kappa shape index (κ3) is 5.51. The molecule has 7 heteroatoms. The highest BCUT2D eigenvalue weighted by atomic mass is 32.2. The molecule has 0 aromatic heterocycles. The van der Waals surface area contributed by atoms with Gasteiger partial charge in [0, 0.05) is 10.9 Å². The molecule has 1 aliphatic rings. The minimum Gasteiger partial charge on any atom is -0.457 e. The van der Waals surface area contributed by atoms with Gasteiger partial charge in [0.15, 0.2) is 9.84 Å². The molecule has 5 nitrogen and oxygen atoms in total. The van der Waals surface area contributed by atoms with Crippen molar-refractivity contribution >= 4 is 33.2 Å². The summed E-state index contributed by atoms with van der Waals surface area (Å²) >= 11 is 1.40. The Morgan fingerprint density at radius 2 is 1.76 bits per heavy atom. The minimum atomic E-state index is -2.90. The number of carbonyl (C=O) groups is 1. The summed E-state index contributed by atoms with van der Waals surface area (Å²) in [6, 6.07) is 16.6. The zero-order valence-corrected chi connectivity index (χ0v) is 15.2. The number of sulfone groups is 1. The van der Waals surface area contributed by atoms with E-state index in [2.05, 4.69) is 5.32 Å². The molecule has 1 amide bonds. The van der Waals surface area contributed by atoms with E-state index in [1.165, 1.54) is 11.8 Å². The highest BCUT2D eigenvalue weighted by Crippen LogP contribution is 2.25. The lowest BCUT2D eigenvalue weighted by atomic mass is 10.3. The zero-order valence-electron chi connectivity index (χ0n) is 13.6. The van der Waals surface area contributed by atoms with Crippen LogP contribution in [0.5, 0.6) is 11.5 Å². The second kappa shape index (κ2) is 7.93. The van der Waals surface area contributed by atoms with Gasteiger partial charge in [0.05, 0.1) is 17.3 Å². The van der Waals surface area contributed by atoms with Crippen molar-refractivity contribution in [1.29, 1.82) is 0 Å². The molecule has 1 saturated heterocycles. The van der Waals surface area contributed by atoms with Crippen molar-refractivity contribution in [2.24, 2.45) is 0 Å². The van der Waals surface area contributed by atoms with Crippen LogP contribution in [-0.4, -0.2) is 36.8 Å². The van der Waals surface area contributed by atoms with Gasteiger partial charge < -0.3 is 10.1 Å². The monoisotopic (exact) mass is 377 g/mol. The van der Waals surface area contributed by atoms with Crippen LogP contribution in [0.25, 0.3) is 0 Å². The summed E-state index contributed by atoms with van der Waals surface area (Å²) in [4.78, 5) is 12.0. The number of para-hydroxylation sites is 1. The molecular formula is C18H19NO4S2. The fourth-order valence-corrected chi connectivity index (χ4v) is 5.96. The number of hydrogen-bond acceptors (Lipinski definition) is 5. The first-order chi connectivity index (χ1) is 12.0. The largest absolute Gasteiger partial charge is 0.457 e. The Balaban J connectivity index is 1.47. The molecule has 0 spiro atoms. The number of carbonyl (C=O) groups excluding carboxylic acids is 1. The van der Waals surface area contributed by atoms with Crippen LogP contribution in [0.1, 0.15) is 6.42 Å². The Kier molecular flexibility index (Phi) is 5.65. The summed E-state index contributed by atoms with van der Waals surface area (Å²) in [5.41, 5.74) is 0.685. The molecule has 0 unspecified atom stereocenters. The fraction of sp³-hybridized carbons (Fsp3) is 0.278. The quantitative estimate of drug-likeness (QED) is 0.836. The second-order valence-corrected chi connectivity index (χ2v) is 9.34. The Bertz CT molecular complexity index is 820. The first kappa shape index (κ1) is 17.8. The molecule has 0 bridgehead atoms. The van der Waals surface area contributed by atoms with Crippen LogP contribution >= 0.6 is 11.8 Å². The van der Waals surface area contributed by atoms with Crippen molar-refractivity contribution < 1.29 is 17.9 Å². The molecule has 25 heavy (non-hydrogen) atoms. The molecule has 1 heterocycles. The van der Waals surface area contributed by atoms with Gasteiger partial charge in [-0.2, -0.15) is 0 Å². The number of rotatable bonds is 6. The summed E-state index contributed by atoms with van der Waals surface area (Å²) in [5, 5.41) is 2.84. The van der Waals surface area contributed by atoms with Gasteiger partial charge >= 0.3 is 0 Å². The molecule has 0 radical (unpaired) electrons. The average Bonchev–Trinajstić information content (AvgIpc) is 2.95. The van der Waals surface area contributed by atoms with Gasteiger partial charge in [0.25, 0.3) is 0 Å². The van der Waals surface area contributed by atoms with Gasteiger partial charge in [-0.3, -0.25) is 4.79 Å². The van der Waals surface area contributed by atoms with Gasteiger partial charge in [-0.05, 0) is 42.8 Å². The maximum atomic E-state index is 12.0. The first-order valence-electron chi connectivity index (χ1n) is 7.95. The smallest absolute Gasteiger partial charge is 0.234 e. The lowest BCUT2D eigenvalue weighted by Crippen LogP contribution is -2.17. The van der Waals surface area contributed by atoms with Crippen LogP contribution in [0.15, 0.2) is 54.6 Å². The summed E-state index contributed by atoms with van der Waals surface area (Å²) in [6.45, 7) is 0. The standard InChI is InChI=1S/C18H19NO4S2/c20-18(12-24-17-10-11-25(21,22)13-17)19-14-6-8-16(9-7-14)23-15-4-2-1-3-5-15/h1-9,17H,10-13H2,(H,19,20)/t17-/m1/s1. The molecule has 3 rings (SSSR count). The van der Waals surface area contributed by atoms with Crippen LogP contribution in [0, 0.1) is 0 Å².